The number of rotatable bonds is 4. The molecule has 0 N–H and O–H groups in total. The quantitative estimate of drug-likeness (QED) is 0.567. The number of hydrogen-bond acceptors (Lipinski definition) is 2. The summed E-state index contributed by atoms with van der Waals surface area (Å²) in [5.74, 6) is 0.0680. The zero-order chi connectivity index (χ0) is 18.0. The van der Waals surface area contributed by atoms with Gasteiger partial charge in [0.15, 0.2) is 6.29 Å². The Morgan fingerprint density at radius 3 is 1.92 bits per heavy atom. The second-order valence-corrected chi connectivity index (χ2v) is 4.86. The zero-order valence-electron chi connectivity index (χ0n) is 11.9. The molecule has 8 heteroatoms. The molecule has 0 atom stereocenters. The maximum Gasteiger partial charge on any atom is 0.416 e. The first-order chi connectivity index (χ1) is 11.1. The summed E-state index contributed by atoms with van der Waals surface area (Å²) in [7, 11) is 0. The van der Waals surface area contributed by atoms with Gasteiger partial charge in [0.25, 0.3) is 0 Å². The highest BCUT2D eigenvalue weighted by Gasteiger charge is 2.36. The highest BCUT2D eigenvalue weighted by atomic mass is 19.4. The minimum absolute atomic E-state index is 0.0445. The molecule has 128 valence electrons. The first-order valence-electron chi connectivity index (χ1n) is 6.56. The summed E-state index contributed by atoms with van der Waals surface area (Å²) in [6.07, 6.45) is -9.37. The summed E-state index contributed by atoms with van der Waals surface area (Å²) in [6.45, 7) is -0.544. The van der Waals surface area contributed by atoms with E-state index in [1.807, 2.05) is 0 Å². The van der Waals surface area contributed by atoms with Gasteiger partial charge >= 0.3 is 12.4 Å². The minimum Gasteiger partial charge on any atom is -0.488 e. The van der Waals surface area contributed by atoms with Crippen molar-refractivity contribution in [1.82, 2.24) is 0 Å². The summed E-state index contributed by atoms with van der Waals surface area (Å²) >= 11 is 0. The molecule has 2 aromatic rings. The molecular weight excluding hydrogens is 338 g/mol. The van der Waals surface area contributed by atoms with Crippen LogP contribution in [0, 0.1) is 0 Å². The lowest BCUT2D eigenvalue weighted by Gasteiger charge is -2.15. The van der Waals surface area contributed by atoms with Gasteiger partial charge in [-0.2, -0.15) is 26.3 Å². The van der Waals surface area contributed by atoms with Crippen molar-refractivity contribution in [3.8, 4) is 5.75 Å². The lowest BCUT2D eigenvalue weighted by molar-refractivity contribution is -0.143. The molecule has 0 aliphatic carbocycles. The van der Waals surface area contributed by atoms with Gasteiger partial charge in [0.2, 0.25) is 0 Å². The number of halogens is 6. The molecule has 0 aromatic heterocycles. The molecule has 0 amide bonds. The topological polar surface area (TPSA) is 26.3 Å². The van der Waals surface area contributed by atoms with Crippen molar-refractivity contribution in [2.75, 3.05) is 0 Å². The van der Waals surface area contributed by atoms with Gasteiger partial charge in [0, 0.05) is 0 Å². The molecule has 24 heavy (non-hydrogen) atoms. The fourth-order valence-electron chi connectivity index (χ4n) is 1.97. The molecule has 0 heterocycles. The number of benzene rings is 2. The Balaban J connectivity index is 2.34. The van der Waals surface area contributed by atoms with Gasteiger partial charge in [-0.1, -0.05) is 12.1 Å². The summed E-state index contributed by atoms with van der Waals surface area (Å²) < 4.78 is 81.8. The normalized spacial score (nSPS) is 12.1. The van der Waals surface area contributed by atoms with Gasteiger partial charge in [-0.3, -0.25) is 4.79 Å². The third kappa shape index (κ3) is 4.27. The fourth-order valence-corrected chi connectivity index (χ4v) is 1.97. The molecule has 0 bridgehead atoms. The Morgan fingerprint density at radius 2 is 1.42 bits per heavy atom. The fraction of sp³-hybridized carbons (Fsp3) is 0.188. The Kier molecular flexibility index (Phi) is 4.86. The van der Waals surface area contributed by atoms with Crippen LogP contribution >= 0.6 is 0 Å². The highest BCUT2D eigenvalue weighted by Crippen LogP contribution is 2.36. The lowest BCUT2D eigenvalue weighted by atomic mass is 10.1. The van der Waals surface area contributed by atoms with E-state index >= 15 is 0 Å². The first kappa shape index (κ1) is 17.8. The first-order valence-corrected chi connectivity index (χ1v) is 6.56. The molecule has 0 saturated heterocycles. The van der Waals surface area contributed by atoms with Crippen molar-refractivity contribution in [2.24, 2.45) is 0 Å². The molecule has 2 rings (SSSR count). The molecule has 2 aromatic carbocycles. The van der Waals surface area contributed by atoms with E-state index in [4.69, 9.17) is 4.74 Å². The van der Waals surface area contributed by atoms with Crippen molar-refractivity contribution in [3.63, 3.8) is 0 Å². The van der Waals surface area contributed by atoms with E-state index in [1.54, 1.807) is 6.07 Å². The maximum atomic E-state index is 12.8. The van der Waals surface area contributed by atoms with Crippen LogP contribution in [0.1, 0.15) is 27.0 Å². The number of carbonyl (C=O) groups is 1. The molecule has 0 fully saturated rings. The van der Waals surface area contributed by atoms with E-state index in [-0.39, 0.29) is 22.9 Å². The van der Waals surface area contributed by atoms with E-state index in [0.29, 0.717) is 18.4 Å². The molecule has 0 aliphatic heterocycles. The second-order valence-electron chi connectivity index (χ2n) is 4.86. The summed E-state index contributed by atoms with van der Waals surface area (Å²) in [5, 5.41) is 0. The van der Waals surface area contributed by atoms with Gasteiger partial charge in [-0.25, -0.2) is 0 Å². The van der Waals surface area contributed by atoms with Crippen LogP contribution in [-0.4, -0.2) is 6.29 Å². The number of aldehydes is 1. The van der Waals surface area contributed by atoms with Crippen molar-refractivity contribution in [1.29, 1.82) is 0 Å². The Morgan fingerprint density at radius 1 is 0.875 bits per heavy atom. The van der Waals surface area contributed by atoms with Crippen molar-refractivity contribution >= 4 is 6.29 Å². The maximum absolute atomic E-state index is 12.8. The number of ether oxygens (including phenoxy) is 1. The van der Waals surface area contributed by atoms with Crippen LogP contribution in [0.3, 0.4) is 0 Å². The third-order valence-corrected chi connectivity index (χ3v) is 3.09. The standard InChI is InChI=1S/C16H10F6O2/c17-15(18,19)12-5-10(6-13(7-12)16(20,21)22)9-24-14-4-2-1-3-11(14)8-23/h1-8H,9H2. The lowest BCUT2D eigenvalue weighted by Crippen LogP contribution is -2.12. The molecule has 0 spiro atoms. The number of para-hydroxylation sites is 1. The van der Waals surface area contributed by atoms with Crippen molar-refractivity contribution in [2.45, 2.75) is 19.0 Å². The number of carbonyl (C=O) groups excluding carboxylic acids is 1. The SMILES string of the molecule is O=Cc1ccccc1OCc1cc(C(F)(F)F)cc(C(F)(F)F)c1. The average Bonchev–Trinajstić information content (AvgIpc) is 2.51. The monoisotopic (exact) mass is 348 g/mol. The molecule has 0 radical (unpaired) electrons. The Hall–Kier alpha value is -2.51. The molecular formula is C16H10F6O2. The number of hydrogen-bond donors (Lipinski definition) is 0. The highest BCUT2D eigenvalue weighted by molar-refractivity contribution is 5.79. The molecule has 0 saturated carbocycles. The minimum atomic E-state index is -4.92. The van der Waals surface area contributed by atoms with E-state index in [0.717, 1.165) is 0 Å². The van der Waals surface area contributed by atoms with Crippen LogP contribution in [0.4, 0.5) is 26.3 Å². The second kappa shape index (κ2) is 6.54. The molecule has 0 unspecified atom stereocenters. The summed E-state index contributed by atoms with van der Waals surface area (Å²) in [5.41, 5.74) is -3.00. The van der Waals surface area contributed by atoms with Crippen LogP contribution < -0.4 is 4.74 Å². The van der Waals surface area contributed by atoms with Crippen LogP contribution in [0.15, 0.2) is 42.5 Å². The van der Waals surface area contributed by atoms with Gasteiger partial charge in [-0.05, 0) is 35.9 Å². The summed E-state index contributed by atoms with van der Waals surface area (Å²) in [4.78, 5) is 10.8. The summed E-state index contributed by atoms with van der Waals surface area (Å²) in [6, 6.07) is 7.08. The Bertz CT molecular complexity index is 702. The van der Waals surface area contributed by atoms with E-state index in [2.05, 4.69) is 0 Å². The van der Waals surface area contributed by atoms with Gasteiger partial charge in [0.05, 0.1) is 16.7 Å². The predicted octanol–water partition coefficient (Wildman–Crippen LogP) is 5.12. The Labute approximate surface area is 132 Å². The van der Waals surface area contributed by atoms with Crippen molar-refractivity contribution in [3.05, 3.63) is 64.7 Å². The smallest absolute Gasteiger partial charge is 0.416 e. The molecule has 0 aliphatic rings. The zero-order valence-corrected chi connectivity index (χ0v) is 11.9. The molecule has 2 nitrogen and oxygen atoms in total. The van der Waals surface area contributed by atoms with Gasteiger partial charge in [-0.15, -0.1) is 0 Å². The van der Waals surface area contributed by atoms with E-state index in [1.165, 1.54) is 18.2 Å². The van der Waals surface area contributed by atoms with Crippen LogP contribution in [0.2, 0.25) is 0 Å². The van der Waals surface area contributed by atoms with Crippen molar-refractivity contribution < 1.29 is 35.9 Å². The number of alkyl halides is 6. The van der Waals surface area contributed by atoms with Crippen LogP contribution in [-0.2, 0) is 19.0 Å². The van der Waals surface area contributed by atoms with Gasteiger partial charge in [0.1, 0.15) is 12.4 Å². The van der Waals surface area contributed by atoms with E-state index < -0.39 is 30.1 Å². The predicted molar refractivity (Wildman–Crippen MR) is 72.6 cm³/mol. The van der Waals surface area contributed by atoms with Gasteiger partial charge < -0.3 is 4.74 Å². The average molecular weight is 348 g/mol. The van der Waals surface area contributed by atoms with E-state index in [9.17, 15) is 31.1 Å². The third-order valence-electron chi connectivity index (χ3n) is 3.09. The van der Waals surface area contributed by atoms with Crippen LogP contribution in [0.25, 0.3) is 0 Å². The van der Waals surface area contributed by atoms with Crippen LogP contribution in [0.5, 0.6) is 5.75 Å². The largest absolute Gasteiger partial charge is 0.488 e.